The first-order chi connectivity index (χ1) is 7.86. The molecule has 0 bridgehead atoms. The van der Waals surface area contributed by atoms with E-state index < -0.39 is 0 Å². The first-order valence-corrected chi connectivity index (χ1v) is 6.35. The molecule has 2 heteroatoms. The second-order valence-electron chi connectivity index (χ2n) is 3.11. The SMILES string of the molecule is C.CC.CC.Cc1ncc2c(n1)CCCC=C2. The number of aromatic nitrogens is 2. The molecule has 0 unspecified atom stereocenters. The second-order valence-corrected chi connectivity index (χ2v) is 3.11. The van der Waals surface area contributed by atoms with Gasteiger partial charge in [0.1, 0.15) is 5.82 Å². The van der Waals surface area contributed by atoms with E-state index in [2.05, 4.69) is 22.1 Å². The van der Waals surface area contributed by atoms with Crippen molar-refractivity contribution >= 4 is 6.08 Å². The molecule has 1 heterocycles. The Morgan fingerprint density at radius 1 is 1.12 bits per heavy atom. The third-order valence-electron chi connectivity index (χ3n) is 2.10. The molecule has 2 rings (SSSR count). The monoisotopic (exact) mass is 236 g/mol. The average Bonchev–Trinajstić information content (AvgIpc) is 2.59. The van der Waals surface area contributed by atoms with Crippen LogP contribution in [-0.2, 0) is 6.42 Å². The normalized spacial score (nSPS) is 11.6. The third-order valence-corrected chi connectivity index (χ3v) is 2.10. The van der Waals surface area contributed by atoms with Crippen molar-refractivity contribution in [2.45, 2.75) is 61.3 Å². The van der Waals surface area contributed by atoms with E-state index in [0.717, 1.165) is 18.7 Å². The third kappa shape index (κ3) is 6.20. The molecule has 0 fully saturated rings. The van der Waals surface area contributed by atoms with Crippen molar-refractivity contribution < 1.29 is 0 Å². The molecule has 0 N–H and O–H groups in total. The molecule has 2 nitrogen and oxygen atoms in total. The molecule has 1 aromatic rings. The van der Waals surface area contributed by atoms with Gasteiger partial charge in [0.05, 0.1) is 5.69 Å². The first-order valence-electron chi connectivity index (χ1n) is 6.35. The molecule has 0 aliphatic heterocycles. The van der Waals surface area contributed by atoms with Crippen LogP contribution in [0.3, 0.4) is 0 Å². The molecule has 0 aromatic carbocycles. The maximum Gasteiger partial charge on any atom is 0.125 e. The number of nitrogens with zero attached hydrogens (tertiary/aromatic N) is 2. The average molecular weight is 236 g/mol. The Kier molecular flexibility index (Phi) is 12.1. The molecule has 0 saturated heterocycles. The summed E-state index contributed by atoms with van der Waals surface area (Å²) < 4.78 is 0. The zero-order valence-corrected chi connectivity index (χ0v) is 11.2. The van der Waals surface area contributed by atoms with Crippen LogP contribution in [-0.4, -0.2) is 9.97 Å². The summed E-state index contributed by atoms with van der Waals surface area (Å²) in [6, 6.07) is 0. The van der Waals surface area contributed by atoms with E-state index in [9.17, 15) is 0 Å². The fourth-order valence-corrected chi connectivity index (χ4v) is 1.46. The predicted octanol–water partition coefficient (Wildman–Crippen LogP) is 4.82. The maximum absolute atomic E-state index is 4.41. The van der Waals surface area contributed by atoms with Crippen molar-refractivity contribution in [2.75, 3.05) is 0 Å². The quantitative estimate of drug-likeness (QED) is 0.645. The van der Waals surface area contributed by atoms with Gasteiger partial charge in [-0.2, -0.15) is 0 Å². The number of hydrogen-bond acceptors (Lipinski definition) is 2. The van der Waals surface area contributed by atoms with Gasteiger partial charge in [0.25, 0.3) is 0 Å². The van der Waals surface area contributed by atoms with E-state index in [4.69, 9.17) is 0 Å². The highest BCUT2D eigenvalue weighted by atomic mass is 14.9. The van der Waals surface area contributed by atoms with Crippen LogP contribution in [0, 0.1) is 6.92 Å². The summed E-state index contributed by atoms with van der Waals surface area (Å²) in [5, 5.41) is 0. The molecule has 1 aliphatic carbocycles. The van der Waals surface area contributed by atoms with E-state index in [1.165, 1.54) is 17.7 Å². The lowest BCUT2D eigenvalue weighted by atomic mass is 10.2. The van der Waals surface area contributed by atoms with Gasteiger partial charge in [-0.25, -0.2) is 9.97 Å². The minimum absolute atomic E-state index is 0. The molecule has 98 valence electrons. The van der Waals surface area contributed by atoms with Crippen molar-refractivity contribution in [1.82, 2.24) is 9.97 Å². The Balaban J connectivity index is 0. The number of aryl methyl sites for hydroxylation is 2. The molecular weight excluding hydrogens is 208 g/mol. The van der Waals surface area contributed by atoms with E-state index in [1.807, 2.05) is 40.8 Å². The van der Waals surface area contributed by atoms with Crippen molar-refractivity contribution in [3.63, 3.8) is 0 Å². The standard InChI is InChI=1S/C10H12N2.2C2H6.CH4/c1-8-11-7-9-5-3-2-4-6-10(9)12-8;2*1-2;/h3,5,7H,2,4,6H2,1H3;2*1-2H3;1H4. The van der Waals surface area contributed by atoms with Crippen LogP contribution in [0.2, 0.25) is 0 Å². The fourth-order valence-electron chi connectivity index (χ4n) is 1.46. The van der Waals surface area contributed by atoms with Gasteiger partial charge in [-0.15, -0.1) is 0 Å². The molecule has 0 saturated carbocycles. The highest BCUT2D eigenvalue weighted by Gasteiger charge is 2.04. The molecule has 1 aromatic heterocycles. The lowest BCUT2D eigenvalue weighted by Gasteiger charge is -2.01. The van der Waals surface area contributed by atoms with E-state index in [1.54, 1.807) is 0 Å². The van der Waals surface area contributed by atoms with Gasteiger partial charge < -0.3 is 0 Å². The summed E-state index contributed by atoms with van der Waals surface area (Å²) in [5.41, 5.74) is 2.40. The van der Waals surface area contributed by atoms with Crippen LogP contribution in [0.1, 0.15) is 65.0 Å². The van der Waals surface area contributed by atoms with Crippen molar-refractivity contribution in [2.24, 2.45) is 0 Å². The maximum atomic E-state index is 4.41. The summed E-state index contributed by atoms with van der Waals surface area (Å²) in [6.07, 6.45) is 9.70. The van der Waals surface area contributed by atoms with Crippen LogP contribution >= 0.6 is 0 Å². The Labute approximate surface area is 107 Å². The number of rotatable bonds is 0. The molecule has 0 spiro atoms. The molecule has 0 atom stereocenters. The second kappa shape index (κ2) is 11.3. The Morgan fingerprint density at radius 3 is 2.41 bits per heavy atom. The number of hydrogen-bond donors (Lipinski definition) is 0. The lowest BCUT2D eigenvalue weighted by molar-refractivity contribution is 0.812. The zero-order chi connectivity index (χ0) is 12.4. The van der Waals surface area contributed by atoms with Crippen LogP contribution in [0.4, 0.5) is 0 Å². The van der Waals surface area contributed by atoms with Crippen molar-refractivity contribution in [3.05, 3.63) is 29.4 Å². The topological polar surface area (TPSA) is 25.8 Å². The Bertz CT molecular complexity index is 317. The van der Waals surface area contributed by atoms with Gasteiger partial charge in [0.15, 0.2) is 0 Å². The first kappa shape index (κ1) is 18.2. The summed E-state index contributed by atoms with van der Waals surface area (Å²) in [4.78, 5) is 8.58. The Morgan fingerprint density at radius 2 is 1.76 bits per heavy atom. The van der Waals surface area contributed by atoms with Crippen molar-refractivity contribution in [3.8, 4) is 0 Å². The summed E-state index contributed by atoms with van der Waals surface area (Å²) in [7, 11) is 0. The number of fused-ring (bicyclic) bond motifs is 1. The summed E-state index contributed by atoms with van der Waals surface area (Å²) >= 11 is 0. The molecule has 0 radical (unpaired) electrons. The van der Waals surface area contributed by atoms with Gasteiger partial charge in [-0.1, -0.05) is 47.3 Å². The smallest absolute Gasteiger partial charge is 0.125 e. The van der Waals surface area contributed by atoms with E-state index >= 15 is 0 Å². The van der Waals surface area contributed by atoms with Gasteiger partial charge in [-0.3, -0.25) is 0 Å². The molecule has 1 aliphatic rings. The van der Waals surface area contributed by atoms with E-state index in [-0.39, 0.29) is 7.43 Å². The minimum atomic E-state index is 0. The van der Waals surface area contributed by atoms with Crippen molar-refractivity contribution in [1.29, 1.82) is 0 Å². The molecule has 17 heavy (non-hydrogen) atoms. The van der Waals surface area contributed by atoms with Gasteiger partial charge in [-0.05, 0) is 26.2 Å². The van der Waals surface area contributed by atoms with Crippen LogP contribution in [0.5, 0.6) is 0 Å². The summed E-state index contributed by atoms with van der Waals surface area (Å²) in [5.74, 6) is 0.879. The number of allylic oxidation sites excluding steroid dienone is 1. The predicted molar refractivity (Wildman–Crippen MR) is 78.2 cm³/mol. The minimum Gasteiger partial charge on any atom is -0.241 e. The molecule has 0 amide bonds. The highest BCUT2D eigenvalue weighted by Crippen LogP contribution is 2.15. The van der Waals surface area contributed by atoms with Crippen LogP contribution in [0.25, 0.3) is 6.08 Å². The summed E-state index contributed by atoms with van der Waals surface area (Å²) in [6.45, 7) is 9.94. The molecular formula is C15H28N2. The fraction of sp³-hybridized carbons (Fsp3) is 0.600. The van der Waals surface area contributed by atoms with Gasteiger partial charge in [0.2, 0.25) is 0 Å². The lowest BCUT2D eigenvalue weighted by Crippen LogP contribution is -1.97. The largest absolute Gasteiger partial charge is 0.241 e. The van der Waals surface area contributed by atoms with Crippen LogP contribution < -0.4 is 0 Å². The highest BCUT2D eigenvalue weighted by molar-refractivity contribution is 5.51. The van der Waals surface area contributed by atoms with E-state index in [0.29, 0.717) is 0 Å². The zero-order valence-electron chi connectivity index (χ0n) is 11.2. The van der Waals surface area contributed by atoms with Crippen LogP contribution in [0.15, 0.2) is 12.3 Å². The van der Waals surface area contributed by atoms with Gasteiger partial charge in [0, 0.05) is 11.8 Å². The Hall–Kier alpha value is -1.18. The van der Waals surface area contributed by atoms with Gasteiger partial charge >= 0.3 is 0 Å².